The first-order valence-corrected chi connectivity index (χ1v) is 7.28. The second-order valence-corrected chi connectivity index (χ2v) is 4.84. The maximum Gasteiger partial charge on any atom is 0.119 e. The Labute approximate surface area is 126 Å². The lowest BCUT2D eigenvalue weighted by Crippen LogP contribution is -2.25. The average molecular weight is 285 g/mol. The van der Waals surface area contributed by atoms with E-state index in [1.165, 1.54) is 0 Å². The molecule has 2 unspecified atom stereocenters. The minimum atomic E-state index is -0.0481. The molecule has 0 aliphatic heterocycles. The summed E-state index contributed by atoms with van der Waals surface area (Å²) in [5.74, 6) is 0.887. The zero-order valence-corrected chi connectivity index (χ0v) is 12.9. The van der Waals surface area contributed by atoms with E-state index in [1.54, 1.807) is 7.11 Å². The molecule has 0 aliphatic carbocycles. The molecule has 0 aliphatic rings. The molecule has 0 heterocycles. The molecule has 0 fully saturated rings. The van der Waals surface area contributed by atoms with Gasteiger partial charge in [0.25, 0.3) is 0 Å². The fraction of sp³-hybridized carbons (Fsp3) is 0.333. The Kier molecular flexibility index (Phi) is 5.78. The number of hydrogen-bond acceptors (Lipinski definition) is 3. The number of likely N-dealkylation sites (N-methyl/N-ethyl adjacent to an activating group) is 1. The van der Waals surface area contributed by atoms with E-state index in [-0.39, 0.29) is 12.1 Å². The van der Waals surface area contributed by atoms with E-state index in [2.05, 4.69) is 29.6 Å². The molecule has 0 spiro atoms. The summed E-state index contributed by atoms with van der Waals surface area (Å²) in [5.41, 5.74) is 2.31. The van der Waals surface area contributed by atoms with Gasteiger partial charge in [-0.2, -0.15) is 0 Å². The van der Waals surface area contributed by atoms with Crippen molar-refractivity contribution < 1.29 is 9.47 Å². The molecule has 3 heteroatoms. The van der Waals surface area contributed by atoms with Crippen LogP contribution >= 0.6 is 0 Å². The van der Waals surface area contributed by atoms with Crippen molar-refractivity contribution in [2.45, 2.75) is 19.1 Å². The quantitative estimate of drug-likeness (QED) is 0.840. The SMILES string of the molecule is CCOc1cccc(C(NC)C(OC)c2ccccc2)c1. The summed E-state index contributed by atoms with van der Waals surface area (Å²) in [6.07, 6.45) is -0.0481. The molecule has 2 aromatic rings. The van der Waals surface area contributed by atoms with Crippen LogP contribution in [0.5, 0.6) is 5.75 Å². The van der Waals surface area contributed by atoms with Crippen molar-refractivity contribution in [2.24, 2.45) is 0 Å². The van der Waals surface area contributed by atoms with E-state index in [9.17, 15) is 0 Å². The van der Waals surface area contributed by atoms with Crippen LogP contribution in [0.3, 0.4) is 0 Å². The van der Waals surface area contributed by atoms with Gasteiger partial charge >= 0.3 is 0 Å². The third kappa shape index (κ3) is 3.84. The van der Waals surface area contributed by atoms with Crippen LogP contribution < -0.4 is 10.1 Å². The van der Waals surface area contributed by atoms with Crippen LogP contribution in [0.15, 0.2) is 54.6 Å². The Balaban J connectivity index is 2.31. The Hall–Kier alpha value is -1.84. The lowest BCUT2D eigenvalue weighted by Gasteiger charge is -2.27. The molecule has 2 aromatic carbocycles. The molecule has 0 saturated heterocycles. The van der Waals surface area contributed by atoms with Crippen LogP contribution in [-0.4, -0.2) is 20.8 Å². The van der Waals surface area contributed by atoms with Crippen molar-refractivity contribution in [2.75, 3.05) is 20.8 Å². The zero-order chi connectivity index (χ0) is 15.1. The third-order valence-corrected chi connectivity index (χ3v) is 3.52. The largest absolute Gasteiger partial charge is 0.494 e. The van der Waals surface area contributed by atoms with Gasteiger partial charge < -0.3 is 14.8 Å². The van der Waals surface area contributed by atoms with E-state index in [1.807, 2.05) is 44.3 Å². The van der Waals surface area contributed by atoms with Crippen LogP contribution in [-0.2, 0) is 4.74 Å². The van der Waals surface area contributed by atoms with Gasteiger partial charge in [-0.05, 0) is 37.2 Å². The Morgan fingerprint density at radius 2 is 1.71 bits per heavy atom. The highest BCUT2D eigenvalue weighted by molar-refractivity contribution is 5.33. The summed E-state index contributed by atoms with van der Waals surface area (Å²) in [6, 6.07) is 18.5. The van der Waals surface area contributed by atoms with Crippen molar-refractivity contribution in [3.63, 3.8) is 0 Å². The lowest BCUT2D eigenvalue weighted by atomic mass is 9.95. The van der Waals surface area contributed by atoms with Crippen LogP contribution in [0.25, 0.3) is 0 Å². The second kappa shape index (κ2) is 7.81. The van der Waals surface area contributed by atoms with Crippen molar-refractivity contribution in [3.8, 4) is 5.75 Å². The first-order chi connectivity index (χ1) is 10.3. The Morgan fingerprint density at radius 3 is 2.33 bits per heavy atom. The zero-order valence-electron chi connectivity index (χ0n) is 12.9. The predicted molar refractivity (Wildman–Crippen MR) is 85.6 cm³/mol. The van der Waals surface area contributed by atoms with Gasteiger partial charge in [-0.25, -0.2) is 0 Å². The monoisotopic (exact) mass is 285 g/mol. The highest BCUT2D eigenvalue weighted by atomic mass is 16.5. The molecular formula is C18H23NO2. The summed E-state index contributed by atoms with van der Waals surface area (Å²) >= 11 is 0. The molecule has 0 saturated carbocycles. The standard InChI is InChI=1S/C18H23NO2/c1-4-21-16-12-8-11-15(13-16)17(19-2)18(20-3)14-9-6-5-7-10-14/h5-13,17-19H,4H2,1-3H3. The molecular weight excluding hydrogens is 262 g/mol. The smallest absolute Gasteiger partial charge is 0.119 e. The Bertz CT molecular complexity index is 542. The van der Waals surface area contributed by atoms with Gasteiger partial charge in [0.05, 0.1) is 12.6 Å². The van der Waals surface area contributed by atoms with Crippen molar-refractivity contribution in [1.29, 1.82) is 0 Å². The van der Waals surface area contributed by atoms with Gasteiger partial charge in [0.1, 0.15) is 11.9 Å². The number of benzene rings is 2. The van der Waals surface area contributed by atoms with Crippen LogP contribution in [0.4, 0.5) is 0 Å². The maximum atomic E-state index is 5.74. The number of methoxy groups -OCH3 is 1. The van der Waals surface area contributed by atoms with Crippen LogP contribution in [0.1, 0.15) is 30.2 Å². The Morgan fingerprint density at radius 1 is 1.00 bits per heavy atom. The average Bonchev–Trinajstić information content (AvgIpc) is 2.54. The summed E-state index contributed by atoms with van der Waals surface area (Å²) in [5, 5.41) is 3.36. The second-order valence-electron chi connectivity index (χ2n) is 4.84. The van der Waals surface area contributed by atoms with Gasteiger partial charge in [-0.15, -0.1) is 0 Å². The highest BCUT2D eigenvalue weighted by Crippen LogP contribution is 2.32. The molecule has 3 nitrogen and oxygen atoms in total. The fourth-order valence-electron chi connectivity index (χ4n) is 2.56. The first-order valence-electron chi connectivity index (χ1n) is 7.28. The molecule has 2 rings (SSSR count). The van der Waals surface area contributed by atoms with Crippen LogP contribution in [0, 0.1) is 0 Å². The number of nitrogens with one attached hydrogen (secondary N) is 1. The number of hydrogen-bond donors (Lipinski definition) is 1. The molecule has 0 aromatic heterocycles. The molecule has 112 valence electrons. The van der Waals surface area contributed by atoms with Gasteiger partial charge in [-0.3, -0.25) is 0 Å². The summed E-state index contributed by atoms with van der Waals surface area (Å²) < 4.78 is 11.3. The van der Waals surface area contributed by atoms with E-state index in [0.29, 0.717) is 6.61 Å². The molecule has 21 heavy (non-hydrogen) atoms. The predicted octanol–water partition coefficient (Wildman–Crippen LogP) is 3.73. The first kappa shape index (κ1) is 15.5. The maximum absolute atomic E-state index is 5.74. The molecule has 2 atom stereocenters. The van der Waals surface area contributed by atoms with Gasteiger partial charge in [0.15, 0.2) is 0 Å². The van der Waals surface area contributed by atoms with Crippen molar-refractivity contribution in [3.05, 3.63) is 65.7 Å². The molecule has 0 bridgehead atoms. The highest BCUT2D eigenvalue weighted by Gasteiger charge is 2.23. The van der Waals surface area contributed by atoms with E-state index in [0.717, 1.165) is 16.9 Å². The molecule has 1 N–H and O–H groups in total. The lowest BCUT2D eigenvalue weighted by molar-refractivity contribution is 0.0701. The molecule has 0 radical (unpaired) electrons. The minimum absolute atomic E-state index is 0.0481. The topological polar surface area (TPSA) is 30.5 Å². The van der Waals surface area contributed by atoms with Gasteiger partial charge in [0, 0.05) is 7.11 Å². The van der Waals surface area contributed by atoms with Crippen LogP contribution in [0.2, 0.25) is 0 Å². The van der Waals surface area contributed by atoms with Gasteiger partial charge in [0.2, 0.25) is 0 Å². The summed E-state index contributed by atoms with van der Waals surface area (Å²) in [4.78, 5) is 0. The van der Waals surface area contributed by atoms with Gasteiger partial charge in [-0.1, -0.05) is 42.5 Å². The van der Waals surface area contributed by atoms with E-state index in [4.69, 9.17) is 9.47 Å². The minimum Gasteiger partial charge on any atom is -0.494 e. The number of rotatable bonds is 7. The summed E-state index contributed by atoms with van der Waals surface area (Å²) in [7, 11) is 3.70. The van der Waals surface area contributed by atoms with Crippen molar-refractivity contribution in [1.82, 2.24) is 5.32 Å². The number of ether oxygens (including phenoxy) is 2. The molecule has 0 amide bonds. The van der Waals surface area contributed by atoms with E-state index < -0.39 is 0 Å². The summed E-state index contributed by atoms with van der Waals surface area (Å²) in [6.45, 7) is 2.66. The third-order valence-electron chi connectivity index (χ3n) is 3.52. The fourth-order valence-corrected chi connectivity index (χ4v) is 2.56. The normalized spacial score (nSPS) is 13.7. The van der Waals surface area contributed by atoms with Crippen molar-refractivity contribution >= 4 is 0 Å². The van der Waals surface area contributed by atoms with E-state index >= 15 is 0 Å².